The van der Waals surface area contributed by atoms with Crippen LogP contribution in [0.5, 0.6) is 5.75 Å². The third-order valence-corrected chi connectivity index (χ3v) is 6.53. The molecule has 0 saturated carbocycles. The number of nitrogens with one attached hydrogen (secondary N) is 1. The van der Waals surface area contributed by atoms with Gasteiger partial charge in [0.05, 0.1) is 19.0 Å². The first kappa shape index (κ1) is 21.3. The van der Waals surface area contributed by atoms with Crippen LogP contribution in [-0.4, -0.2) is 42.6 Å². The summed E-state index contributed by atoms with van der Waals surface area (Å²) in [7, 11) is 3.49. The molecule has 172 valence electrons. The summed E-state index contributed by atoms with van der Waals surface area (Å²) in [6.45, 7) is 2.96. The molecule has 1 saturated heterocycles. The predicted octanol–water partition coefficient (Wildman–Crippen LogP) is 4.58. The van der Waals surface area contributed by atoms with Gasteiger partial charge in [-0.2, -0.15) is 4.98 Å². The molecule has 1 amide bonds. The Bertz CT molecular complexity index is 1130. The van der Waals surface area contributed by atoms with E-state index in [1.165, 1.54) is 5.57 Å². The minimum absolute atomic E-state index is 0.130. The number of aromatic nitrogens is 2. The average molecular weight is 447 g/mol. The van der Waals surface area contributed by atoms with Crippen LogP contribution in [0.3, 0.4) is 0 Å². The molecule has 1 aromatic heterocycles. The molecule has 8 nitrogen and oxygen atoms in total. The summed E-state index contributed by atoms with van der Waals surface area (Å²) in [5.74, 6) is 2.21. The third-order valence-electron chi connectivity index (χ3n) is 6.53. The van der Waals surface area contributed by atoms with E-state index in [2.05, 4.69) is 45.5 Å². The Kier molecular flexibility index (Phi) is 5.66. The van der Waals surface area contributed by atoms with Crippen LogP contribution in [0.4, 0.5) is 28.8 Å². The first-order chi connectivity index (χ1) is 16.0. The molecular weight excluding hydrogens is 416 g/mol. The van der Waals surface area contributed by atoms with E-state index in [4.69, 9.17) is 9.72 Å². The first-order valence-electron chi connectivity index (χ1n) is 11.5. The molecule has 1 unspecified atom stereocenters. The normalized spacial score (nSPS) is 20.1. The number of rotatable bonds is 4. The van der Waals surface area contributed by atoms with Crippen LogP contribution in [0.1, 0.15) is 39.0 Å². The first-order valence-corrected chi connectivity index (χ1v) is 11.5. The Morgan fingerprint density at radius 1 is 1.18 bits per heavy atom. The summed E-state index contributed by atoms with van der Waals surface area (Å²) < 4.78 is 5.68. The van der Waals surface area contributed by atoms with Gasteiger partial charge < -0.3 is 24.8 Å². The number of hydrogen-bond donors (Lipinski definition) is 1. The largest absolute Gasteiger partial charge is 0.494 e. The monoisotopic (exact) mass is 446 g/mol. The highest BCUT2D eigenvalue weighted by atomic mass is 16.5. The lowest BCUT2D eigenvalue weighted by molar-refractivity contribution is -0.120. The van der Waals surface area contributed by atoms with Gasteiger partial charge in [-0.15, -0.1) is 0 Å². The van der Waals surface area contributed by atoms with Crippen molar-refractivity contribution in [3.05, 3.63) is 48.4 Å². The second-order valence-electron chi connectivity index (χ2n) is 8.84. The number of allylic oxidation sites excluding steroid dienone is 2. The van der Waals surface area contributed by atoms with Crippen LogP contribution in [0, 0.1) is 0 Å². The molecule has 1 N–H and O–H groups in total. The number of ether oxygens (including phenoxy) is 1. The van der Waals surface area contributed by atoms with E-state index >= 15 is 0 Å². The van der Waals surface area contributed by atoms with Gasteiger partial charge in [-0.05, 0) is 38.3 Å². The van der Waals surface area contributed by atoms with Crippen molar-refractivity contribution >= 4 is 34.7 Å². The Labute approximate surface area is 194 Å². The van der Waals surface area contributed by atoms with Crippen molar-refractivity contribution in [3.63, 3.8) is 0 Å². The highest BCUT2D eigenvalue weighted by Crippen LogP contribution is 2.38. The molecule has 1 fully saturated rings. The molecular formula is C25H30N6O2. The van der Waals surface area contributed by atoms with Gasteiger partial charge in [-0.1, -0.05) is 24.5 Å². The van der Waals surface area contributed by atoms with E-state index in [-0.39, 0.29) is 11.9 Å². The lowest BCUT2D eigenvalue weighted by atomic mass is 10.1. The fourth-order valence-corrected chi connectivity index (χ4v) is 4.77. The van der Waals surface area contributed by atoms with Gasteiger partial charge in [-0.3, -0.25) is 4.79 Å². The van der Waals surface area contributed by atoms with Gasteiger partial charge in [0.25, 0.3) is 0 Å². The minimum atomic E-state index is -0.138. The number of carbonyl (C=O) groups is 1. The molecule has 3 aliphatic heterocycles. The summed E-state index contributed by atoms with van der Waals surface area (Å²) >= 11 is 0. The van der Waals surface area contributed by atoms with Crippen molar-refractivity contribution in [2.45, 2.75) is 45.1 Å². The second kappa shape index (κ2) is 8.77. The molecule has 8 heteroatoms. The van der Waals surface area contributed by atoms with E-state index in [0.717, 1.165) is 67.3 Å². The fourth-order valence-electron chi connectivity index (χ4n) is 4.77. The molecule has 0 bridgehead atoms. The third kappa shape index (κ3) is 4.01. The van der Waals surface area contributed by atoms with Crippen molar-refractivity contribution < 1.29 is 9.53 Å². The summed E-state index contributed by atoms with van der Waals surface area (Å²) in [6, 6.07) is 5.84. The molecule has 0 radical (unpaired) electrons. The zero-order valence-corrected chi connectivity index (χ0v) is 19.4. The second-order valence-corrected chi connectivity index (χ2v) is 8.84. The van der Waals surface area contributed by atoms with Crippen LogP contribution < -0.4 is 24.8 Å². The van der Waals surface area contributed by atoms with Crippen molar-refractivity contribution in [1.82, 2.24) is 9.97 Å². The quantitative estimate of drug-likeness (QED) is 0.737. The maximum absolute atomic E-state index is 12.9. The van der Waals surface area contributed by atoms with E-state index < -0.39 is 0 Å². The summed E-state index contributed by atoms with van der Waals surface area (Å²) in [6.07, 6.45) is 13.2. The SMILES string of the molecule is COc1cc(Nc2ncc3c(n2)N2CCCCCC2C(=O)N3C)ccc1N1C=CCC(C)=C1. The number of nitrogens with zero attached hydrogens (tertiary/aromatic N) is 5. The van der Waals surface area contributed by atoms with E-state index in [1.54, 1.807) is 18.2 Å². The fraction of sp³-hybridized carbons (Fsp3) is 0.400. The number of amides is 1. The van der Waals surface area contributed by atoms with Crippen LogP contribution in [0.25, 0.3) is 0 Å². The molecule has 0 aliphatic carbocycles. The predicted molar refractivity (Wildman–Crippen MR) is 131 cm³/mol. The Morgan fingerprint density at radius 3 is 2.88 bits per heavy atom. The molecule has 2 aromatic rings. The van der Waals surface area contributed by atoms with Crippen LogP contribution >= 0.6 is 0 Å². The molecule has 4 heterocycles. The molecule has 5 rings (SSSR count). The topological polar surface area (TPSA) is 73.8 Å². The van der Waals surface area contributed by atoms with Gasteiger partial charge in [0.15, 0.2) is 5.82 Å². The van der Waals surface area contributed by atoms with Gasteiger partial charge in [0, 0.05) is 37.7 Å². The minimum Gasteiger partial charge on any atom is -0.494 e. The smallest absolute Gasteiger partial charge is 0.249 e. The van der Waals surface area contributed by atoms with Crippen molar-refractivity contribution in [3.8, 4) is 5.75 Å². The number of likely N-dealkylation sites (N-methyl/N-ethyl adjacent to an activating group) is 1. The molecule has 1 aromatic carbocycles. The number of fused-ring (bicyclic) bond motifs is 3. The van der Waals surface area contributed by atoms with Crippen molar-refractivity contribution in [2.24, 2.45) is 0 Å². The van der Waals surface area contributed by atoms with E-state index in [9.17, 15) is 4.79 Å². The summed E-state index contributed by atoms with van der Waals surface area (Å²) in [5, 5.41) is 3.32. The van der Waals surface area contributed by atoms with Crippen LogP contribution in [0.2, 0.25) is 0 Å². The van der Waals surface area contributed by atoms with Gasteiger partial charge in [0.2, 0.25) is 11.9 Å². The Morgan fingerprint density at radius 2 is 2.06 bits per heavy atom. The molecule has 1 atom stereocenters. The Hall–Kier alpha value is -3.55. The zero-order valence-electron chi connectivity index (χ0n) is 19.4. The van der Waals surface area contributed by atoms with Gasteiger partial charge in [-0.25, -0.2) is 4.98 Å². The highest BCUT2D eigenvalue weighted by molar-refractivity contribution is 6.04. The number of benzene rings is 1. The number of methoxy groups -OCH3 is 1. The number of anilines is 5. The molecule has 33 heavy (non-hydrogen) atoms. The molecule has 3 aliphatic rings. The number of carbonyl (C=O) groups excluding carboxylic acids is 1. The lowest BCUT2D eigenvalue weighted by Gasteiger charge is -2.39. The van der Waals surface area contributed by atoms with Crippen LogP contribution in [-0.2, 0) is 4.79 Å². The highest BCUT2D eigenvalue weighted by Gasteiger charge is 2.38. The molecule has 0 spiro atoms. The number of hydrogen-bond acceptors (Lipinski definition) is 7. The van der Waals surface area contributed by atoms with Crippen LogP contribution in [0.15, 0.2) is 48.4 Å². The van der Waals surface area contributed by atoms with E-state index in [1.807, 2.05) is 25.2 Å². The van der Waals surface area contributed by atoms with Gasteiger partial charge in [0.1, 0.15) is 17.5 Å². The van der Waals surface area contributed by atoms with E-state index in [0.29, 0.717) is 5.95 Å². The zero-order chi connectivity index (χ0) is 22.9. The summed E-state index contributed by atoms with van der Waals surface area (Å²) in [4.78, 5) is 28.2. The van der Waals surface area contributed by atoms with Crippen molar-refractivity contribution in [1.29, 1.82) is 0 Å². The lowest BCUT2D eigenvalue weighted by Crippen LogP contribution is -2.52. The summed E-state index contributed by atoms with van der Waals surface area (Å²) in [5.41, 5.74) is 3.86. The van der Waals surface area contributed by atoms with Gasteiger partial charge >= 0.3 is 0 Å². The average Bonchev–Trinajstić information content (AvgIpc) is 3.09. The van der Waals surface area contributed by atoms with Crippen molar-refractivity contribution in [2.75, 3.05) is 40.7 Å². The maximum Gasteiger partial charge on any atom is 0.249 e. The maximum atomic E-state index is 12.9. The Balaban J connectivity index is 1.44. The standard InChI is InChI=1S/C25H30N6O2/c1-17-8-7-12-30(16-17)19-11-10-18(14-22(19)33-3)27-25-26-15-21-23(28-25)31-13-6-4-5-9-20(31)24(32)29(21)2/h7,10-12,14-16,20H,4-6,8-9,13H2,1-3H3,(H,26,27,28).